The standard InChI is InChI=1S/C12H9N5O2/c18-10(15-12-13-7-14-16-12)9-5-4-8-3-1-2-6-17(8)11(9)19/h1-7H,(H2,13,14,15,16,18). The molecule has 0 aliphatic rings. The van der Waals surface area contributed by atoms with Gasteiger partial charge >= 0.3 is 0 Å². The summed E-state index contributed by atoms with van der Waals surface area (Å²) in [6.07, 6.45) is 2.95. The van der Waals surface area contributed by atoms with Gasteiger partial charge in [-0.05, 0) is 24.3 Å². The molecule has 0 bridgehead atoms. The van der Waals surface area contributed by atoms with Crippen molar-refractivity contribution >= 4 is 17.4 Å². The third-order valence-electron chi connectivity index (χ3n) is 2.65. The first kappa shape index (κ1) is 11.1. The average Bonchev–Trinajstić information content (AvgIpc) is 2.92. The van der Waals surface area contributed by atoms with E-state index in [0.717, 1.165) is 5.52 Å². The smallest absolute Gasteiger partial charge is 0.267 e. The zero-order valence-corrected chi connectivity index (χ0v) is 9.70. The van der Waals surface area contributed by atoms with Gasteiger partial charge in [0.2, 0.25) is 5.95 Å². The van der Waals surface area contributed by atoms with Gasteiger partial charge in [0.1, 0.15) is 11.9 Å². The number of amides is 1. The van der Waals surface area contributed by atoms with Crippen LogP contribution in [-0.2, 0) is 0 Å². The molecule has 94 valence electrons. The molecule has 3 aromatic rings. The molecular weight excluding hydrogens is 246 g/mol. The molecule has 1 amide bonds. The molecule has 2 N–H and O–H groups in total. The number of nitrogens with zero attached hydrogens (tertiary/aromatic N) is 3. The maximum atomic E-state index is 12.2. The first-order chi connectivity index (χ1) is 9.25. The van der Waals surface area contributed by atoms with Gasteiger partial charge in [0.05, 0.1) is 0 Å². The van der Waals surface area contributed by atoms with Gasteiger partial charge < -0.3 is 4.98 Å². The summed E-state index contributed by atoms with van der Waals surface area (Å²) in [6.45, 7) is 0. The fraction of sp³-hybridized carbons (Fsp3) is 0. The third-order valence-corrected chi connectivity index (χ3v) is 2.65. The van der Waals surface area contributed by atoms with Crippen LogP contribution in [0.25, 0.3) is 5.52 Å². The van der Waals surface area contributed by atoms with Crippen molar-refractivity contribution in [3.05, 3.63) is 58.8 Å². The molecule has 0 aliphatic heterocycles. The zero-order valence-electron chi connectivity index (χ0n) is 9.70. The van der Waals surface area contributed by atoms with Crippen molar-refractivity contribution in [3.63, 3.8) is 0 Å². The highest BCUT2D eigenvalue weighted by Crippen LogP contribution is 2.03. The van der Waals surface area contributed by atoms with E-state index in [1.807, 2.05) is 6.07 Å². The Labute approximate surface area is 106 Å². The van der Waals surface area contributed by atoms with E-state index in [2.05, 4.69) is 20.5 Å². The summed E-state index contributed by atoms with van der Waals surface area (Å²) in [6, 6.07) is 8.54. The van der Waals surface area contributed by atoms with E-state index in [1.54, 1.807) is 24.4 Å². The van der Waals surface area contributed by atoms with Crippen LogP contribution in [0, 0.1) is 0 Å². The van der Waals surface area contributed by atoms with Gasteiger partial charge in [0.25, 0.3) is 11.5 Å². The normalized spacial score (nSPS) is 10.5. The number of fused-ring (bicyclic) bond motifs is 1. The second kappa shape index (κ2) is 4.37. The Bertz CT molecular complexity index is 791. The summed E-state index contributed by atoms with van der Waals surface area (Å²) >= 11 is 0. The quantitative estimate of drug-likeness (QED) is 0.704. The van der Waals surface area contributed by atoms with Crippen LogP contribution in [0.3, 0.4) is 0 Å². The van der Waals surface area contributed by atoms with Crippen LogP contribution < -0.4 is 10.9 Å². The number of aromatic amines is 1. The number of anilines is 1. The van der Waals surface area contributed by atoms with Crippen molar-refractivity contribution in [3.8, 4) is 0 Å². The van der Waals surface area contributed by atoms with Gasteiger partial charge in [-0.25, -0.2) is 0 Å². The maximum Gasteiger partial charge on any atom is 0.267 e. The second-order valence-electron chi connectivity index (χ2n) is 3.84. The van der Waals surface area contributed by atoms with Crippen LogP contribution in [0.1, 0.15) is 10.4 Å². The molecule has 3 aromatic heterocycles. The van der Waals surface area contributed by atoms with Gasteiger partial charge in [-0.15, -0.1) is 10.2 Å². The summed E-state index contributed by atoms with van der Waals surface area (Å²) in [7, 11) is 0. The molecule has 0 atom stereocenters. The van der Waals surface area contributed by atoms with E-state index < -0.39 is 5.91 Å². The molecule has 7 nitrogen and oxygen atoms in total. The number of carbonyl (C=O) groups is 1. The summed E-state index contributed by atoms with van der Waals surface area (Å²) in [5, 5.41) is 9.63. The number of aromatic nitrogens is 4. The van der Waals surface area contributed by atoms with Gasteiger partial charge in [-0.1, -0.05) is 6.07 Å². The summed E-state index contributed by atoms with van der Waals surface area (Å²) in [5.74, 6) is -0.331. The number of hydrogen-bond donors (Lipinski definition) is 2. The first-order valence-corrected chi connectivity index (χ1v) is 5.53. The highest BCUT2D eigenvalue weighted by molar-refractivity contribution is 6.03. The minimum absolute atomic E-state index is 0.0418. The molecule has 3 heterocycles. The van der Waals surface area contributed by atoms with Crippen LogP contribution in [0.2, 0.25) is 0 Å². The number of nitrogens with one attached hydrogen (secondary N) is 2. The Morgan fingerprint density at radius 3 is 2.95 bits per heavy atom. The lowest BCUT2D eigenvalue weighted by Crippen LogP contribution is -2.26. The van der Waals surface area contributed by atoms with Crippen LogP contribution in [0.4, 0.5) is 5.95 Å². The molecule has 19 heavy (non-hydrogen) atoms. The lowest BCUT2D eigenvalue weighted by molar-refractivity contribution is 0.102. The Morgan fingerprint density at radius 1 is 1.26 bits per heavy atom. The molecule has 0 aromatic carbocycles. The number of rotatable bonds is 2. The van der Waals surface area contributed by atoms with Crippen LogP contribution in [0.15, 0.2) is 47.7 Å². The van der Waals surface area contributed by atoms with Crippen LogP contribution >= 0.6 is 0 Å². The largest absolute Gasteiger partial charge is 0.314 e. The number of hydrogen-bond acceptors (Lipinski definition) is 4. The zero-order chi connectivity index (χ0) is 13.2. The highest BCUT2D eigenvalue weighted by atomic mass is 16.2. The fourth-order valence-corrected chi connectivity index (χ4v) is 1.76. The van der Waals surface area contributed by atoms with Gasteiger partial charge in [-0.3, -0.25) is 19.3 Å². The number of carbonyl (C=O) groups excluding carboxylic acids is 1. The van der Waals surface area contributed by atoms with Gasteiger partial charge in [0.15, 0.2) is 0 Å². The Balaban J connectivity index is 2.03. The number of H-pyrrole nitrogens is 1. The molecule has 0 unspecified atom stereocenters. The Hall–Kier alpha value is -2.96. The summed E-state index contributed by atoms with van der Waals surface area (Å²) in [4.78, 5) is 26.8. The minimum Gasteiger partial charge on any atom is -0.314 e. The van der Waals surface area contributed by atoms with Crippen molar-refractivity contribution in [1.29, 1.82) is 0 Å². The second-order valence-corrected chi connectivity index (χ2v) is 3.84. The van der Waals surface area contributed by atoms with E-state index in [1.165, 1.54) is 16.8 Å². The molecule has 7 heteroatoms. The molecule has 0 spiro atoms. The van der Waals surface area contributed by atoms with Crippen molar-refractivity contribution in [2.24, 2.45) is 0 Å². The predicted molar refractivity (Wildman–Crippen MR) is 68.0 cm³/mol. The third kappa shape index (κ3) is 1.97. The van der Waals surface area contributed by atoms with Gasteiger partial charge in [0, 0.05) is 11.7 Å². The molecule has 0 fully saturated rings. The molecule has 0 aliphatic carbocycles. The number of pyridine rings is 2. The van der Waals surface area contributed by atoms with Crippen molar-refractivity contribution in [1.82, 2.24) is 19.6 Å². The van der Waals surface area contributed by atoms with Gasteiger partial charge in [-0.2, -0.15) is 0 Å². The first-order valence-electron chi connectivity index (χ1n) is 5.53. The maximum absolute atomic E-state index is 12.2. The lowest BCUT2D eigenvalue weighted by Gasteiger charge is -2.04. The predicted octanol–water partition coefficient (Wildman–Crippen LogP) is 0.670. The molecule has 0 saturated heterocycles. The van der Waals surface area contributed by atoms with E-state index in [4.69, 9.17) is 0 Å². The van der Waals surface area contributed by atoms with Crippen LogP contribution in [0.5, 0.6) is 0 Å². The van der Waals surface area contributed by atoms with Crippen molar-refractivity contribution in [2.75, 3.05) is 5.32 Å². The fourth-order valence-electron chi connectivity index (χ4n) is 1.76. The Morgan fingerprint density at radius 2 is 2.16 bits per heavy atom. The SMILES string of the molecule is O=C(Nc1nnc[nH]1)c1ccc2ccccn2c1=O. The Kier molecular flexibility index (Phi) is 2.57. The summed E-state index contributed by atoms with van der Waals surface area (Å²) < 4.78 is 1.41. The monoisotopic (exact) mass is 255 g/mol. The topological polar surface area (TPSA) is 92.2 Å². The lowest BCUT2D eigenvalue weighted by atomic mass is 10.2. The minimum atomic E-state index is -0.528. The van der Waals surface area contributed by atoms with E-state index >= 15 is 0 Å². The highest BCUT2D eigenvalue weighted by Gasteiger charge is 2.13. The van der Waals surface area contributed by atoms with Crippen LogP contribution in [-0.4, -0.2) is 25.5 Å². The van der Waals surface area contributed by atoms with E-state index in [9.17, 15) is 9.59 Å². The van der Waals surface area contributed by atoms with Crippen molar-refractivity contribution < 1.29 is 4.79 Å². The molecule has 0 radical (unpaired) electrons. The van der Waals surface area contributed by atoms with Crippen molar-refractivity contribution in [2.45, 2.75) is 0 Å². The average molecular weight is 255 g/mol. The molecule has 0 saturated carbocycles. The van der Waals surface area contributed by atoms with E-state index in [0.29, 0.717) is 0 Å². The molecule has 3 rings (SSSR count). The van der Waals surface area contributed by atoms with E-state index in [-0.39, 0.29) is 17.1 Å². The molecular formula is C12H9N5O2. The summed E-state index contributed by atoms with van der Waals surface area (Å²) in [5.41, 5.74) is 0.388.